The van der Waals surface area contributed by atoms with Gasteiger partial charge in [0, 0.05) is 12.5 Å². The van der Waals surface area contributed by atoms with Crippen LogP contribution in [-0.4, -0.2) is 20.2 Å². The number of rotatable bonds is 3. The molecule has 0 aromatic rings. The normalized spacial score (nSPS) is 16.9. The highest BCUT2D eigenvalue weighted by atomic mass is 16.6. The number of nitrogens with zero attached hydrogens (tertiary/aromatic N) is 1. The number of esters is 1. The van der Waals surface area contributed by atoms with Gasteiger partial charge >= 0.3 is 5.97 Å². The van der Waals surface area contributed by atoms with Crippen LogP contribution in [0.1, 0.15) is 6.92 Å². The average molecular weight is 221 g/mol. The Hall–Kier alpha value is -2.22. The molecular formula is C11H11NO4. The van der Waals surface area contributed by atoms with Crippen molar-refractivity contribution in [2.75, 3.05) is 14.2 Å². The molecule has 0 saturated heterocycles. The number of ether oxygens (including phenoxy) is 3. The summed E-state index contributed by atoms with van der Waals surface area (Å²) < 4.78 is 14.8. The van der Waals surface area contributed by atoms with Crippen LogP contribution in [0.25, 0.3) is 0 Å². The third kappa shape index (κ3) is 2.23. The number of hydrogen-bond donors (Lipinski definition) is 0. The first-order valence-electron chi connectivity index (χ1n) is 4.46. The molecule has 0 aromatic heterocycles. The molecule has 0 bridgehead atoms. The maximum atomic E-state index is 10.8. The molecule has 16 heavy (non-hydrogen) atoms. The number of allylic oxidation sites excluding steroid dienone is 3. The number of carbonyl (C=O) groups is 1. The Labute approximate surface area is 93.2 Å². The largest absolute Gasteiger partial charge is 0.504 e. The average Bonchev–Trinajstić information content (AvgIpc) is 2.54. The summed E-state index contributed by atoms with van der Waals surface area (Å²) in [6, 6.07) is 1.97. The Bertz CT molecular complexity index is 437. The van der Waals surface area contributed by atoms with E-state index in [0.29, 0.717) is 5.57 Å². The zero-order chi connectivity index (χ0) is 12.1. The number of nitriles is 1. The summed E-state index contributed by atoms with van der Waals surface area (Å²) in [7, 11) is 2.87. The fourth-order valence-corrected chi connectivity index (χ4v) is 1.30. The van der Waals surface area contributed by atoms with Gasteiger partial charge in [0.15, 0.2) is 11.5 Å². The standard InChI is InChI=1S/C11H11NO4/c1-7(13)16-10-4-8(6-14-2)9(5-12)11(10)15-3/h4,6H,1-3H3/b8-6-. The van der Waals surface area contributed by atoms with Crippen molar-refractivity contribution >= 4 is 5.97 Å². The molecule has 0 saturated carbocycles. The van der Waals surface area contributed by atoms with Crippen LogP contribution in [0, 0.1) is 11.3 Å². The SMILES string of the molecule is CO/C=C1/C=C(OC(C)=O)C(OC)=C1C#N. The van der Waals surface area contributed by atoms with Gasteiger partial charge in [0.2, 0.25) is 0 Å². The first kappa shape index (κ1) is 11.9. The van der Waals surface area contributed by atoms with Gasteiger partial charge in [-0.25, -0.2) is 0 Å². The molecule has 84 valence electrons. The van der Waals surface area contributed by atoms with E-state index in [9.17, 15) is 4.79 Å². The first-order chi connectivity index (χ1) is 7.63. The summed E-state index contributed by atoms with van der Waals surface area (Å²) in [5.41, 5.74) is 0.790. The molecule has 0 spiro atoms. The lowest BCUT2D eigenvalue weighted by Gasteiger charge is -2.05. The summed E-state index contributed by atoms with van der Waals surface area (Å²) in [4.78, 5) is 10.8. The molecular weight excluding hydrogens is 210 g/mol. The van der Waals surface area contributed by atoms with Crippen LogP contribution in [0.5, 0.6) is 0 Å². The fraction of sp³-hybridized carbons (Fsp3) is 0.273. The van der Waals surface area contributed by atoms with E-state index in [1.54, 1.807) is 0 Å². The van der Waals surface area contributed by atoms with Gasteiger partial charge in [0.1, 0.15) is 11.6 Å². The van der Waals surface area contributed by atoms with Gasteiger partial charge < -0.3 is 14.2 Å². The van der Waals surface area contributed by atoms with Gasteiger partial charge in [0.25, 0.3) is 0 Å². The van der Waals surface area contributed by atoms with Crippen LogP contribution in [0.3, 0.4) is 0 Å². The Morgan fingerprint density at radius 2 is 2.19 bits per heavy atom. The molecule has 0 amide bonds. The van der Waals surface area contributed by atoms with E-state index in [2.05, 4.69) is 0 Å². The minimum Gasteiger partial charge on any atom is -0.504 e. The van der Waals surface area contributed by atoms with Crippen LogP contribution in [0.4, 0.5) is 0 Å². The van der Waals surface area contributed by atoms with Crippen LogP contribution in [0.2, 0.25) is 0 Å². The van der Waals surface area contributed by atoms with Gasteiger partial charge in [-0.1, -0.05) is 0 Å². The highest BCUT2D eigenvalue weighted by molar-refractivity contribution is 5.70. The van der Waals surface area contributed by atoms with Crippen LogP contribution in [0.15, 0.2) is 35.0 Å². The van der Waals surface area contributed by atoms with Crippen molar-refractivity contribution < 1.29 is 19.0 Å². The minimum absolute atomic E-state index is 0.217. The minimum atomic E-state index is -0.475. The Kier molecular flexibility index (Phi) is 3.72. The summed E-state index contributed by atoms with van der Waals surface area (Å²) in [5.74, 6) is -0.0207. The van der Waals surface area contributed by atoms with E-state index in [1.165, 1.54) is 33.5 Å². The maximum absolute atomic E-state index is 10.8. The van der Waals surface area contributed by atoms with Crippen LogP contribution in [-0.2, 0) is 19.0 Å². The lowest BCUT2D eigenvalue weighted by atomic mass is 10.2. The molecule has 0 N–H and O–H groups in total. The Morgan fingerprint density at radius 3 is 2.62 bits per heavy atom. The van der Waals surface area contributed by atoms with Crippen molar-refractivity contribution in [3.8, 4) is 6.07 Å². The molecule has 0 aliphatic heterocycles. The zero-order valence-electron chi connectivity index (χ0n) is 9.23. The van der Waals surface area contributed by atoms with Crippen LogP contribution >= 0.6 is 0 Å². The first-order valence-corrected chi connectivity index (χ1v) is 4.46. The molecule has 1 aliphatic carbocycles. The monoisotopic (exact) mass is 221 g/mol. The Morgan fingerprint density at radius 1 is 1.50 bits per heavy atom. The van der Waals surface area contributed by atoms with Crippen molar-refractivity contribution in [2.45, 2.75) is 6.92 Å². The predicted molar refractivity (Wildman–Crippen MR) is 54.6 cm³/mol. The maximum Gasteiger partial charge on any atom is 0.308 e. The van der Waals surface area contributed by atoms with Crippen molar-refractivity contribution in [3.05, 3.63) is 35.0 Å². The molecule has 0 heterocycles. The third-order valence-electron chi connectivity index (χ3n) is 1.84. The lowest BCUT2D eigenvalue weighted by molar-refractivity contribution is -0.136. The fourth-order valence-electron chi connectivity index (χ4n) is 1.30. The van der Waals surface area contributed by atoms with Gasteiger partial charge in [-0.05, 0) is 6.08 Å². The van der Waals surface area contributed by atoms with Crippen molar-refractivity contribution in [2.24, 2.45) is 0 Å². The second kappa shape index (κ2) is 5.03. The number of hydrogen-bond acceptors (Lipinski definition) is 5. The summed E-state index contributed by atoms with van der Waals surface area (Å²) in [5, 5.41) is 8.96. The summed E-state index contributed by atoms with van der Waals surface area (Å²) in [6.45, 7) is 1.28. The number of carbonyl (C=O) groups excluding carboxylic acids is 1. The van der Waals surface area contributed by atoms with Gasteiger partial charge in [-0.2, -0.15) is 5.26 Å². The molecule has 0 fully saturated rings. The van der Waals surface area contributed by atoms with E-state index in [4.69, 9.17) is 19.5 Å². The molecule has 1 aliphatic rings. The smallest absolute Gasteiger partial charge is 0.308 e. The number of methoxy groups -OCH3 is 2. The lowest BCUT2D eigenvalue weighted by Crippen LogP contribution is -2.01. The highest BCUT2D eigenvalue weighted by Gasteiger charge is 2.25. The van der Waals surface area contributed by atoms with Crippen molar-refractivity contribution in [1.29, 1.82) is 5.26 Å². The van der Waals surface area contributed by atoms with Crippen molar-refractivity contribution in [3.63, 3.8) is 0 Å². The highest BCUT2D eigenvalue weighted by Crippen LogP contribution is 2.31. The summed E-state index contributed by atoms with van der Waals surface area (Å²) in [6.07, 6.45) is 2.90. The molecule has 0 atom stereocenters. The zero-order valence-corrected chi connectivity index (χ0v) is 9.23. The second-order valence-corrected chi connectivity index (χ2v) is 2.93. The molecule has 5 heteroatoms. The van der Waals surface area contributed by atoms with Gasteiger partial charge in [-0.15, -0.1) is 0 Å². The quantitative estimate of drug-likeness (QED) is 0.532. The molecule has 0 radical (unpaired) electrons. The van der Waals surface area contributed by atoms with Crippen LogP contribution < -0.4 is 0 Å². The van der Waals surface area contributed by atoms with E-state index >= 15 is 0 Å². The molecule has 5 nitrogen and oxygen atoms in total. The molecule has 0 aromatic carbocycles. The van der Waals surface area contributed by atoms with E-state index in [0.717, 1.165) is 0 Å². The second-order valence-electron chi connectivity index (χ2n) is 2.93. The van der Waals surface area contributed by atoms with E-state index in [-0.39, 0.29) is 17.1 Å². The molecule has 0 unspecified atom stereocenters. The van der Waals surface area contributed by atoms with Gasteiger partial charge in [0.05, 0.1) is 20.5 Å². The third-order valence-corrected chi connectivity index (χ3v) is 1.84. The Balaban J connectivity index is 3.16. The van der Waals surface area contributed by atoms with Gasteiger partial charge in [-0.3, -0.25) is 4.79 Å². The molecule has 1 rings (SSSR count). The predicted octanol–water partition coefficient (Wildman–Crippen LogP) is 1.40. The van der Waals surface area contributed by atoms with E-state index in [1.807, 2.05) is 6.07 Å². The van der Waals surface area contributed by atoms with Crippen molar-refractivity contribution in [1.82, 2.24) is 0 Å². The topological polar surface area (TPSA) is 68.6 Å². The summed E-state index contributed by atoms with van der Waals surface area (Å²) >= 11 is 0. The van der Waals surface area contributed by atoms with E-state index < -0.39 is 5.97 Å².